The van der Waals surface area contributed by atoms with Gasteiger partial charge >= 0.3 is 0 Å². The maximum atomic E-state index is 5.49. The van der Waals surface area contributed by atoms with Gasteiger partial charge in [-0.2, -0.15) is 4.98 Å². The number of methoxy groups -OCH3 is 1. The molecule has 0 saturated carbocycles. The predicted molar refractivity (Wildman–Crippen MR) is 101 cm³/mol. The molecule has 8 nitrogen and oxygen atoms in total. The normalized spacial score (nSPS) is 10.4. The molecule has 3 rings (SSSR count). The van der Waals surface area contributed by atoms with Crippen LogP contribution in [0.3, 0.4) is 0 Å². The van der Waals surface area contributed by atoms with Crippen LogP contribution in [0, 0.1) is 6.92 Å². The largest absolute Gasteiger partial charge is 0.481 e. The first-order valence-corrected chi connectivity index (χ1v) is 8.83. The SMILES string of the molecule is COc1cc(Sc2ncccn2)nc(NC(=S)NCc2ccc(C)o2)n1. The molecule has 0 radical (unpaired) electrons. The number of thiocarbonyl (C=S) groups is 1. The third-order valence-corrected chi connectivity index (χ3v) is 4.13. The Labute approximate surface area is 159 Å². The second-order valence-electron chi connectivity index (χ2n) is 5.03. The molecule has 0 amide bonds. The van der Waals surface area contributed by atoms with E-state index in [1.165, 1.54) is 18.9 Å². The second-order valence-corrected chi connectivity index (χ2v) is 6.42. The number of aromatic nitrogens is 4. The Kier molecular flexibility index (Phi) is 5.97. The monoisotopic (exact) mass is 388 g/mol. The van der Waals surface area contributed by atoms with Gasteiger partial charge in [-0.25, -0.2) is 15.0 Å². The van der Waals surface area contributed by atoms with Crippen molar-refractivity contribution in [3.8, 4) is 5.88 Å². The molecule has 0 atom stereocenters. The average molecular weight is 388 g/mol. The highest BCUT2D eigenvalue weighted by molar-refractivity contribution is 7.99. The van der Waals surface area contributed by atoms with Gasteiger partial charge < -0.3 is 19.8 Å². The third kappa shape index (κ3) is 5.14. The summed E-state index contributed by atoms with van der Waals surface area (Å²) in [4.78, 5) is 17.0. The van der Waals surface area contributed by atoms with Gasteiger partial charge in [-0.05, 0) is 49.1 Å². The van der Waals surface area contributed by atoms with Gasteiger partial charge in [0.1, 0.15) is 16.5 Å². The molecule has 134 valence electrons. The Bertz CT molecular complexity index is 887. The molecule has 0 bridgehead atoms. The van der Waals surface area contributed by atoms with Gasteiger partial charge in [0.25, 0.3) is 0 Å². The Morgan fingerprint density at radius 1 is 1.27 bits per heavy atom. The lowest BCUT2D eigenvalue weighted by Gasteiger charge is -2.10. The summed E-state index contributed by atoms with van der Waals surface area (Å²) in [6.45, 7) is 2.35. The summed E-state index contributed by atoms with van der Waals surface area (Å²) in [6.07, 6.45) is 3.34. The van der Waals surface area contributed by atoms with Gasteiger partial charge in [-0.3, -0.25) is 0 Å². The molecule has 0 unspecified atom stereocenters. The molecule has 0 aliphatic heterocycles. The first-order valence-electron chi connectivity index (χ1n) is 7.60. The first-order chi connectivity index (χ1) is 12.6. The van der Waals surface area contributed by atoms with Crippen molar-refractivity contribution < 1.29 is 9.15 Å². The van der Waals surface area contributed by atoms with Crippen LogP contribution in [0.15, 0.2) is 51.3 Å². The van der Waals surface area contributed by atoms with Crippen LogP contribution in [-0.4, -0.2) is 32.2 Å². The molecule has 0 aliphatic rings. The fraction of sp³-hybridized carbons (Fsp3) is 0.188. The number of nitrogens with zero attached hydrogens (tertiary/aromatic N) is 4. The zero-order chi connectivity index (χ0) is 18.4. The van der Waals surface area contributed by atoms with Crippen LogP contribution in [0.2, 0.25) is 0 Å². The van der Waals surface area contributed by atoms with Crippen molar-refractivity contribution in [2.45, 2.75) is 23.7 Å². The number of rotatable bonds is 6. The minimum Gasteiger partial charge on any atom is -0.481 e. The molecule has 0 spiro atoms. The van der Waals surface area contributed by atoms with Crippen LogP contribution < -0.4 is 15.4 Å². The van der Waals surface area contributed by atoms with E-state index in [4.69, 9.17) is 21.4 Å². The number of hydrogen-bond donors (Lipinski definition) is 2. The molecule has 0 saturated heterocycles. The Hall–Kier alpha value is -2.72. The van der Waals surface area contributed by atoms with Crippen LogP contribution >= 0.6 is 24.0 Å². The maximum absolute atomic E-state index is 5.49. The van der Waals surface area contributed by atoms with E-state index in [0.29, 0.717) is 33.7 Å². The third-order valence-electron chi connectivity index (χ3n) is 3.07. The van der Waals surface area contributed by atoms with Crippen molar-refractivity contribution in [2.75, 3.05) is 12.4 Å². The Balaban J connectivity index is 1.66. The summed E-state index contributed by atoms with van der Waals surface area (Å²) in [5.74, 6) is 2.36. The topological polar surface area (TPSA) is 98.0 Å². The molecule has 2 N–H and O–H groups in total. The zero-order valence-electron chi connectivity index (χ0n) is 14.1. The fourth-order valence-corrected chi connectivity index (χ4v) is 2.81. The van der Waals surface area contributed by atoms with Gasteiger partial charge in [-0.15, -0.1) is 0 Å². The van der Waals surface area contributed by atoms with Gasteiger partial charge in [0.15, 0.2) is 10.3 Å². The number of nitrogens with one attached hydrogen (secondary N) is 2. The van der Waals surface area contributed by atoms with E-state index >= 15 is 0 Å². The molecule has 0 aliphatic carbocycles. The quantitative estimate of drug-likeness (QED) is 0.372. The summed E-state index contributed by atoms with van der Waals surface area (Å²) in [5.41, 5.74) is 0. The highest BCUT2D eigenvalue weighted by Crippen LogP contribution is 2.25. The zero-order valence-corrected chi connectivity index (χ0v) is 15.7. The van der Waals surface area contributed by atoms with E-state index in [9.17, 15) is 0 Å². The van der Waals surface area contributed by atoms with Gasteiger partial charge in [0.05, 0.1) is 13.7 Å². The second kappa shape index (κ2) is 8.59. The molecular formula is C16H16N6O2S2. The molecule has 10 heteroatoms. The number of hydrogen-bond acceptors (Lipinski definition) is 8. The van der Waals surface area contributed by atoms with Crippen molar-refractivity contribution in [3.05, 3.63) is 48.2 Å². The molecule has 26 heavy (non-hydrogen) atoms. The molecule has 3 heterocycles. The van der Waals surface area contributed by atoms with Gasteiger partial charge in [0.2, 0.25) is 11.8 Å². The van der Waals surface area contributed by atoms with E-state index in [2.05, 4.69) is 30.6 Å². The highest BCUT2D eigenvalue weighted by Gasteiger charge is 2.10. The summed E-state index contributed by atoms with van der Waals surface area (Å²) in [7, 11) is 1.54. The van der Waals surface area contributed by atoms with Crippen LogP contribution in [0.25, 0.3) is 0 Å². The molecule has 3 aromatic heterocycles. The van der Waals surface area contributed by atoms with Crippen LogP contribution in [0.4, 0.5) is 5.95 Å². The summed E-state index contributed by atoms with van der Waals surface area (Å²) in [5, 5.41) is 7.57. The van der Waals surface area contributed by atoms with E-state index in [1.54, 1.807) is 24.5 Å². The summed E-state index contributed by atoms with van der Waals surface area (Å²) < 4.78 is 10.7. The molecular weight excluding hydrogens is 372 g/mol. The van der Waals surface area contributed by atoms with Crippen molar-refractivity contribution in [3.63, 3.8) is 0 Å². The van der Waals surface area contributed by atoms with Crippen LogP contribution in [0.1, 0.15) is 11.5 Å². The van der Waals surface area contributed by atoms with Crippen LogP contribution in [-0.2, 0) is 6.54 Å². The van der Waals surface area contributed by atoms with Crippen molar-refractivity contribution in [1.82, 2.24) is 25.3 Å². The lowest BCUT2D eigenvalue weighted by Crippen LogP contribution is -2.28. The average Bonchev–Trinajstić information content (AvgIpc) is 3.06. The summed E-state index contributed by atoms with van der Waals surface area (Å²) >= 11 is 6.58. The standard InChI is InChI=1S/C16H16N6O2S2/c1-10-4-5-11(24-10)9-19-15(25)22-14-20-12(23-2)8-13(21-14)26-16-17-6-3-7-18-16/h3-8H,9H2,1-2H3,(H2,19,20,21,22,25). The van der Waals surface area contributed by atoms with Crippen LogP contribution in [0.5, 0.6) is 5.88 Å². The maximum Gasteiger partial charge on any atom is 0.233 e. The number of aryl methyl sites for hydroxylation is 1. The predicted octanol–water partition coefficient (Wildman–Crippen LogP) is 2.81. The minimum absolute atomic E-state index is 0.316. The van der Waals surface area contributed by atoms with Crippen molar-refractivity contribution in [2.24, 2.45) is 0 Å². The van der Waals surface area contributed by atoms with E-state index in [1.807, 2.05) is 19.1 Å². The lowest BCUT2D eigenvalue weighted by atomic mass is 10.4. The lowest BCUT2D eigenvalue weighted by molar-refractivity contribution is 0.396. The number of ether oxygens (including phenoxy) is 1. The fourth-order valence-electron chi connectivity index (χ4n) is 1.94. The van der Waals surface area contributed by atoms with Crippen molar-refractivity contribution in [1.29, 1.82) is 0 Å². The Morgan fingerprint density at radius 2 is 2.08 bits per heavy atom. The molecule has 0 fully saturated rings. The van der Waals surface area contributed by atoms with E-state index < -0.39 is 0 Å². The Morgan fingerprint density at radius 3 is 2.77 bits per heavy atom. The van der Waals surface area contributed by atoms with Crippen molar-refractivity contribution >= 4 is 35.0 Å². The molecule has 3 aromatic rings. The van der Waals surface area contributed by atoms with Gasteiger partial charge in [-0.1, -0.05) is 0 Å². The van der Waals surface area contributed by atoms with Gasteiger partial charge in [0, 0.05) is 18.5 Å². The number of anilines is 1. The molecule has 0 aromatic carbocycles. The first kappa shape index (κ1) is 18.1. The van der Waals surface area contributed by atoms with E-state index in [0.717, 1.165) is 11.5 Å². The summed E-state index contributed by atoms with van der Waals surface area (Å²) in [6, 6.07) is 7.24. The minimum atomic E-state index is 0.316. The number of furan rings is 1. The smallest absolute Gasteiger partial charge is 0.233 e. The highest BCUT2D eigenvalue weighted by atomic mass is 32.2. The van der Waals surface area contributed by atoms with E-state index in [-0.39, 0.29) is 0 Å².